The first-order valence-corrected chi connectivity index (χ1v) is 11.1. The third kappa shape index (κ3) is 8.88. The summed E-state index contributed by atoms with van der Waals surface area (Å²) in [6.07, 6.45) is 1.03. The average Bonchev–Trinajstić information content (AvgIpc) is 2.85. The molecule has 33 heavy (non-hydrogen) atoms. The lowest BCUT2D eigenvalue weighted by atomic mass is 10.1. The summed E-state index contributed by atoms with van der Waals surface area (Å²) < 4.78 is 21.8. The van der Waals surface area contributed by atoms with Crippen molar-refractivity contribution in [1.29, 1.82) is 0 Å². The van der Waals surface area contributed by atoms with Crippen molar-refractivity contribution in [1.82, 2.24) is 4.90 Å². The van der Waals surface area contributed by atoms with Gasteiger partial charge in [0.1, 0.15) is 23.7 Å². The van der Waals surface area contributed by atoms with Gasteiger partial charge >= 0.3 is 0 Å². The second-order valence-electron chi connectivity index (χ2n) is 7.45. The number of hydrogen-bond acceptors (Lipinski definition) is 7. The third-order valence-electron chi connectivity index (χ3n) is 5.20. The van der Waals surface area contributed by atoms with Gasteiger partial charge in [0.2, 0.25) is 0 Å². The Morgan fingerprint density at radius 2 is 1.42 bits per heavy atom. The van der Waals surface area contributed by atoms with Gasteiger partial charge in [0, 0.05) is 19.3 Å². The van der Waals surface area contributed by atoms with Crippen LogP contribution in [0.4, 0.5) is 0 Å². The van der Waals surface area contributed by atoms with Crippen LogP contribution in [0.1, 0.15) is 25.0 Å². The van der Waals surface area contributed by atoms with Crippen LogP contribution in [0.3, 0.4) is 0 Å². The maximum absolute atomic E-state index is 12.9. The van der Waals surface area contributed by atoms with Crippen molar-refractivity contribution in [3.63, 3.8) is 0 Å². The van der Waals surface area contributed by atoms with Crippen molar-refractivity contribution in [3.05, 3.63) is 71.9 Å². The number of aliphatic hydroxyl groups is 1. The Morgan fingerprint density at radius 3 is 1.91 bits per heavy atom. The number of nitrogens with zero attached hydrogens (tertiary/aromatic N) is 1. The minimum Gasteiger partial charge on any atom is -0.497 e. The molecule has 0 aliphatic carbocycles. The first-order valence-electron chi connectivity index (χ1n) is 11.1. The maximum Gasteiger partial charge on any atom is 0.188 e. The predicted molar refractivity (Wildman–Crippen MR) is 127 cm³/mol. The molecule has 0 saturated carbocycles. The summed E-state index contributed by atoms with van der Waals surface area (Å²) in [6, 6.07) is 14.8. The molecule has 0 aliphatic heterocycles. The number of aliphatic hydroxyl groups excluding tert-OH is 1. The Labute approximate surface area is 196 Å². The minimum absolute atomic E-state index is 0.0375. The van der Waals surface area contributed by atoms with E-state index >= 15 is 0 Å². The fourth-order valence-corrected chi connectivity index (χ4v) is 3.11. The number of ketones is 1. The van der Waals surface area contributed by atoms with Gasteiger partial charge in [-0.05, 0) is 55.3 Å². The van der Waals surface area contributed by atoms with Crippen LogP contribution in [-0.2, 0) is 27.5 Å². The van der Waals surface area contributed by atoms with Crippen molar-refractivity contribution < 1.29 is 28.8 Å². The first-order chi connectivity index (χ1) is 16.0. The number of hydrogen-bond donors (Lipinski definition) is 1. The highest BCUT2D eigenvalue weighted by Gasteiger charge is 2.26. The molecule has 0 aliphatic rings. The highest BCUT2D eigenvalue weighted by molar-refractivity contribution is 5.94. The number of carbonyl (C=O) groups excluding carboxylic acids is 1. The molecular formula is C26H35NO6. The van der Waals surface area contributed by atoms with Crippen LogP contribution in [0.2, 0.25) is 0 Å². The molecule has 0 saturated heterocycles. The van der Waals surface area contributed by atoms with Gasteiger partial charge < -0.3 is 29.0 Å². The van der Waals surface area contributed by atoms with E-state index in [4.69, 9.17) is 18.9 Å². The average molecular weight is 458 g/mol. The van der Waals surface area contributed by atoms with Gasteiger partial charge in [-0.2, -0.15) is 0 Å². The van der Waals surface area contributed by atoms with Crippen LogP contribution in [0, 0.1) is 0 Å². The third-order valence-corrected chi connectivity index (χ3v) is 5.20. The van der Waals surface area contributed by atoms with Gasteiger partial charge in [-0.1, -0.05) is 24.3 Å². The number of methoxy groups -OCH3 is 2. The molecule has 1 N–H and O–H groups in total. The van der Waals surface area contributed by atoms with E-state index in [0.29, 0.717) is 6.61 Å². The zero-order chi connectivity index (χ0) is 24.1. The Hall–Kier alpha value is -2.87. The van der Waals surface area contributed by atoms with Crippen LogP contribution in [-0.4, -0.2) is 61.9 Å². The van der Waals surface area contributed by atoms with Gasteiger partial charge in [-0.3, -0.25) is 4.79 Å². The van der Waals surface area contributed by atoms with E-state index in [1.807, 2.05) is 67.3 Å². The van der Waals surface area contributed by atoms with E-state index in [1.165, 1.54) is 6.08 Å². The van der Waals surface area contributed by atoms with Crippen LogP contribution >= 0.6 is 0 Å². The Kier molecular flexibility index (Phi) is 11.4. The lowest BCUT2D eigenvalue weighted by Gasteiger charge is -2.22. The van der Waals surface area contributed by atoms with Crippen molar-refractivity contribution in [2.75, 3.05) is 33.9 Å². The standard InChI is InChI=1S/C26H35NO6/c1-5-27(6-2)16-15-24(28)26(33-18-21-9-13-23(31-4)14-10-21)25(29)19-32-17-20-7-11-22(30-3)12-8-20/h7-16,25-26,29H,5-6,17-19H2,1-4H3/b16-15+/t25-,26+/m1/s1. The number of carbonyl (C=O) groups is 1. The number of rotatable bonds is 15. The molecule has 2 rings (SSSR count). The van der Waals surface area contributed by atoms with Crippen LogP contribution < -0.4 is 9.47 Å². The van der Waals surface area contributed by atoms with Crippen LogP contribution in [0.5, 0.6) is 11.5 Å². The summed E-state index contributed by atoms with van der Waals surface area (Å²) in [4.78, 5) is 14.8. The fourth-order valence-electron chi connectivity index (χ4n) is 3.11. The summed E-state index contributed by atoms with van der Waals surface area (Å²) in [5.74, 6) is 1.19. The van der Waals surface area contributed by atoms with Gasteiger partial charge in [0.05, 0.1) is 34.0 Å². The zero-order valence-corrected chi connectivity index (χ0v) is 19.9. The Morgan fingerprint density at radius 1 is 0.909 bits per heavy atom. The topological polar surface area (TPSA) is 77.5 Å². The van der Waals surface area contributed by atoms with E-state index in [0.717, 1.165) is 35.7 Å². The van der Waals surface area contributed by atoms with E-state index in [9.17, 15) is 9.90 Å². The smallest absolute Gasteiger partial charge is 0.188 e. The summed E-state index contributed by atoms with van der Waals surface area (Å²) >= 11 is 0. The maximum atomic E-state index is 12.9. The molecule has 0 amide bonds. The highest BCUT2D eigenvalue weighted by Crippen LogP contribution is 2.15. The lowest BCUT2D eigenvalue weighted by Crippen LogP contribution is -2.39. The summed E-state index contributed by atoms with van der Waals surface area (Å²) in [7, 11) is 3.21. The Bertz CT molecular complexity index is 846. The lowest BCUT2D eigenvalue weighted by molar-refractivity contribution is -0.139. The van der Waals surface area contributed by atoms with E-state index in [2.05, 4.69) is 0 Å². The molecule has 0 unspecified atom stereocenters. The van der Waals surface area contributed by atoms with Gasteiger partial charge in [-0.25, -0.2) is 0 Å². The number of benzene rings is 2. The number of ether oxygens (including phenoxy) is 4. The molecule has 2 aromatic rings. The van der Waals surface area contributed by atoms with Gasteiger partial charge in [-0.15, -0.1) is 0 Å². The second-order valence-corrected chi connectivity index (χ2v) is 7.45. The van der Waals surface area contributed by atoms with Gasteiger partial charge in [0.25, 0.3) is 0 Å². The molecule has 0 fully saturated rings. The van der Waals surface area contributed by atoms with Crippen molar-refractivity contribution in [2.24, 2.45) is 0 Å². The molecular weight excluding hydrogens is 422 g/mol. The summed E-state index contributed by atoms with van der Waals surface area (Å²) in [5.41, 5.74) is 1.80. The van der Waals surface area contributed by atoms with Crippen molar-refractivity contribution in [3.8, 4) is 11.5 Å². The van der Waals surface area contributed by atoms with Crippen LogP contribution in [0.15, 0.2) is 60.8 Å². The molecule has 0 heterocycles. The second kappa shape index (κ2) is 14.3. The molecule has 0 bridgehead atoms. The molecule has 0 spiro atoms. The van der Waals surface area contributed by atoms with E-state index < -0.39 is 12.2 Å². The first kappa shape index (κ1) is 26.4. The largest absolute Gasteiger partial charge is 0.497 e. The molecule has 2 aromatic carbocycles. The zero-order valence-electron chi connectivity index (χ0n) is 19.9. The van der Waals surface area contributed by atoms with E-state index in [-0.39, 0.29) is 19.0 Å². The normalized spacial score (nSPS) is 13.0. The van der Waals surface area contributed by atoms with Gasteiger partial charge in [0.15, 0.2) is 5.78 Å². The summed E-state index contributed by atoms with van der Waals surface area (Å²) in [5, 5.41) is 10.7. The van der Waals surface area contributed by atoms with E-state index in [1.54, 1.807) is 20.4 Å². The molecule has 0 aromatic heterocycles. The summed E-state index contributed by atoms with van der Waals surface area (Å²) in [6.45, 7) is 6.03. The molecule has 180 valence electrons. The SMILES string of the molecule is CCN(/C=C/C(=O)[C@H](OCc1ccc(OC)cc1)[C@H](O)COCc1ccc(OC)cc1)CC. The monoisotopic (exact) mass is 457 g/mol. The molecule has 7 nitrogen and oxygen atoms in total. The minimum atomic E-state index is -1.12. The van der Waals surface area contributed by atoms with Crippen molar-refractivity contribution >= 4 is 5.78 Å². The predicted octanol–water partition coefficient (Wildman–Crippen LogP) is 3.59. The molecule has 2 atom stereocenters. The molecule has 7 heteroatoms. The quantitative estimate of drug-likeness (QED) is 0.410. The molecule has 0 radical (unpaired) electrons. The van der Waals surface area contributed by atoms with Crippen molar-refractivity contribution in [2.45, 2.75) is 39.3 Å². The highest BCUT2D eigenvalue weighted by atomic mass is 16.5. The Balaban J connectivity index is 2.00. The van der Waals surface area contributed by atoms with Crippen LogP contribution in [0.25, 0.3) is 0 Å². The fraction of sp³-hybridized carbons (Fsp3) is 0.423.